The summed E-state index contributed by atoms with van der Waals surface area (Å²) in [6.07, 6.45) is 4.71. The Labute approximate surface area is 186 Å². The normalized spacial score (nSPS) is 18.5. The van der Waals surface area contributed by atoms with Crippen LogP contribution in [-0.2, 0) is 0 Å². The van der Waals surface area contributed by atoms with Crippen molar-refractivity contribution < 1.29 is 9.59 Å². The number of aromatic nitrogens is 2. The maximum Gasteiger partial charge on any atom is 0.322 e. The highest BCUT2D eigenvalue weighted by molar-refractivity contribution is 5.96. The Kier molecular flexibility index (Phi) is 5.49. The molecule has 2 aliphatic rings. The van der Waals surface area contributed by atoms with E-state index in [1.165, 1.54) is 0 Å². The van der Waals surface area contributed by atoms with Crippen LogP contribution in [0.1, 0.15) is 31.1 Å². The lowest BCUT2D eigenvalue weighted by Crippen LogP contribution is -2.41. The van der Waals surface area contributed by atoms with Gasteiger partial charge >= 0.3 is 12.1 Å². The van der Waals surface area contributed by atoms with Crippen LogP contribution in [0.5, 0.6) is 0 Å². The van der Waals surface area contributed by atoms with Crippen LogP contribution in [-0.4, -0.2) is 46.6 Å². The average molecular weight is 431 g/mol. The molecule has 0 saturated carbocycles. The zero-order valence-electron chi connectivity index (χ0n) is 17.8. The Morgan fingerprint density at radius 3 is 2.75 bits per heavy atom. The molecule has 1 aromatic heterocycles. The molecule has 8 nitrogen and oxygen atoms in total. The van der Waals surface area contributed by atoms with E-state index in [1.807, 2.05) is 65.7 Å². The summed E-state index contributed by atoms with van der Waals surface area (Å²) in [7, 11) is 0. The summed E-state index contributed by atoms with van der Waals surface area (Å²) in [6.45, 7) is 1.91. The summed E-state index contributed by atoms with van der Waals surface area (Å²) in [4.78, 5) is 36.7. The van der Waals surface area contributed by atoms with Gasteiger partial charge in [-0.1, -0.05) is 36.4 Å². The molecule has 3 aromatic rings. The van der Waals surface area contributed by atoms with Gasteiger partial charge in [0.15, 0.2) is 0 Å². The van der Waals surface area contributed by atoms with Crippen LogP contribution in [0.4, 0.5) is 21.0 Å². The van der Waals surface area contributed by atoms with E-state index >= 15 is 0 Å². The van der Waals surface area contributed by atoms with Gasteiger partial charge in [0, 0.05) is 31.0 Å². The first kappa shape index (κ1) is 20.1. The third-order valence-electron chi connectivity index (χ3n) is 6.03. The zero-order chi connectivity index (χ0) is 21.9. The summed E-state index contributed by atoms with van der Waals surface area (Å²) in [5, 5.41) is 5.81. The second-order valence-electron chi connectivity index (χ2n) is 8.12. The van der Waals surface area contributed by atoms with Gasteiger partial charge in [0.1, 0.15) is 5.82 Å². The SMILES string of the molecule is O=C1NCCN1c1cccc(NC(=O)N2CCCC[C@@H]2c2ncc(-c3ccccc3)[nH]2)c1. The molecule has 164 valence electrons. The number of carbonyl (C=O) groups is 2. The van der Waals surface area contributed by atoms with Gasteiger partial charge < -0.3 is 20.5 Å². The second-order valence-corrected chi connectivity index (χ2v) is 8.12. The molecule has 2 saturated heterocycles. The number of urea groups is 2. The van der Waals surface area contributed by atoms with Gasteiger partial charge in [-0.15, -0.1) is 0 Å². The van der Waals surface area contributed by atoms with Crippen molar-refractivity contribution in [3.63, 3.8) is 0 Å². The van der Waals surface area contributed by atoms with Crippen molar-refractivity contribution >= 4 is 23.4 Å². The number of hydrogen-bond donors (Lipinski definition) is 3. The van der Waals surface area contributed by atoms with Crippen molar-refractivity contribution in [3.8, 4) is 11.3 Å². The summed E-state index contributed by atoms with van der Waals surface area (Å²) >= 11 is 0. The maximum atomic E-state index is 13.2. The molecular formula is C24H26N6O2. The molecule has 0 bridgehead atoms. The molecule has 32 heavy (non-hydrogen) atoms. The highest BCUT2D eigenvalue weighted by Gasteiger charge is 2.30. The van der Waals surface area contributed by atoms with Crippen molar-refractivity contribution in [1.29, 1.82) is 0 Å². The molecule has 2 fully saturated rings. The van der Waals surface area contributed by atoms with Gasteiger partial charge in [0.05, 0.1) is 17.9 Å². The van der Waals surface area contributed by atoms with E-state index in [1.54, 1.807) is 4.90 Å². The van der Waals surface area contributed by atoms with E-state index in [0.29, 0.717) is 25.3 Å². The number of hydrogen-bond acceptors (Lipinski definition) is 3. The summed E-state index contributed by atoms with van der Waals surface area (Å²) in [5.41, 5.74) is 3.46. The van der Waals surface area contributed by atoms with Crippen LogP contribution in [0.2, 0.25) is 0 Å². The molecular weight excluding hydrogens is 404 g/mol. The number of carbonyl (C=O) groups excluding carboxylic acids is 2. The lowest BCUT2D eigenvalue weighted by atomic mass is 10.0. The molecule has 3 heterocycles. The number of imidazole rings is 1. The molecule has 4 amide bonds. The number of likely N-dealkylation sites (tertiary alicyclic amines) is 1. The largest absolute Gasteiger partial charge is 0.340 e. The summed E-state index contributed by atoms with van der Waals surface area (Å²) < 4.78 is 0. The smallest absolute Gasteiger partial charge is 0.322 e. The first-order valence-corrected chi connectivity index (χ1v) is 11.0. The first-order chi connectivity index (χ1) is 15.7. The quantitative estimate of drug-likeness (QED) is 0.574. The van der Waals surface area contributed by atoms with Crippen LogP contribution in [0, 0.1) is 0 Å². The zero-order valence-corrected chi connectivity index (χ0v) is 17.8. The van der Waals surface area contributed by atoms with E-state index in [-0.39, 0.29) is 18.1 Å². The van der Waals surface area contributed by atoms with E-state index in [9.17, 15) is 9.59 Å². The van der Waals surface area contributed by atoms with Crippen molar-refractivity contribution in [2.75, 3.05) is 29.9 Å². The fourth-order valence-electron chi connectivity index (χ4n) is 4.39. The molecule has 0 spiro atoms. The van der Waals surface area contributed by atoms with Crippen molar-refractivity contribution in [2.45, 2.75) is 25.3 Å². The molecule has 0 unspecified atom stereocenters. The van der Waals surface area contributed by atoms with E-state index in [2.05, 4.69) is 20.6 Å². The molecule has 5 rings (SSSR count). The van der Waals surface area contributed by atoms with Gasteiger partial charge in [-0.3, -0.25) is 4.90 Å². The van der Waals surface area contributed by atoms with Gasteiger partial charge in [-0.05, 0) is 43.0 Å². The monoisotopic (exact) mass is 430 g/mol. The Hall–Kier alpha value is -3.81. The number of amides is 4. The van der Waals surface area contributed by atoms with Crippen LogP contribution in [0.15, 0.2) is 60.8 Å². The third kappa shape index (κ3) is 4.03. The topological polar surface area (TPSA) is 93.4 Å². The molecule has 1 atom stereocenters. The molecule has 8 heteroatoms. The second kappa shape index (κ2) is 8.74. The highest BCUT2D eigenvalue weighted by atomic mass is 16.2. The molecule has 3 N–H and O–H groups in total. The molecule has 0 aliphatic carbocycles. The minimum absolute atomic E-state index is 0.103. The highest BCUT2D eigenvalue weighted by Crippen LogP contribution is 2.31. The third-order valence-corrected chi connectivity index (χ3v) is 6.03. The van der Waals surface area contributed by atoms with Gasteiger partial charge in [0.2, 0.25) is 0 Å². The van der Waals surface area contributed by atoms with E-state index in [0.717, 1.165) is 42.0 Å². The van der Waals surface area contributed by atoms with Crippen molar-refractivity contribution in [2.24, 2.45) is 0 Å². The Morgan fingerprint density at radius 2 is 1.94 bits per heavy atom. The van der Waals surface area contributed by atoms with Crippen LogP contribution in [0.25, 0.3) is 11.3 Å². The summed E-state index contributed by atoms with van der Waals surface area (Å²) in [5.74, 6) is 0.807. The number of H-pyrrole nitrogens is 1. The average Bonchev–Trinajstić information content (AvgIpc) is 3.49. The van der Waals surface area contributed by atoms with E-state index < -0.39 is 0 Å². The van der Waals surface area contributed by atoms with Crippen LogP contribution >= 0.6 is 0 Å². The fourth-order valence-corrected chi connectivity index (χ4v) is 4.39. The Balaban J connectivity index is 1.33. The first-order valence-electron chi connectivity index (χ1n) is 11.0. The standard InChI is InChI=1S/C24H26N6O2/c31-23-25-12-14-29(23)19-10-6-9-18(15-19)27-24(32)30-13-5-4-11-21(30)22-26-16-20(28-22)17-7-2-1-3-8-17/h1-3,6-10,15-16,21H,4-5,11-14H2,(H,25,31)(H,26,28)(H,27,32)/t21-/m1/s1. The summed E-state index contributed by atoms with van der Waals surface area (Å²) in [6, 6.07) is 17.1. The maximum absolute atomic E-state index is 13.2. The fraction of sp³-hybridized carbons (Fsp3) is 0.292. The number of rotatable bonds is 4. The van der Waals surface area contributed by atoms with Gasteiger partial charge in [0.25, 0.3) is 0 Å². The predicted molar refractivity (Wildman–Crippen MR) is 124 cm³/mol. The Morgan fingerprint density at radius 1 is 1.06 bits per heavy atom. The molecule has 2 aromatic carbocycles. The number of anilines is 2. The molecule has 0 radical (unpaired) electrons. The van der Waals surface area contributed by atoms with Crippen LogP contribution in [0.3, 0.4) is 0 Å². The van der Waals surface area contributed by atoms with Gasteiger partial charge in [-0.2, -0.15) is 0 Å². The minimum Gasteiger partial charge on any atom is -0.340 e. The van der Waals surface area contributed by atoms with Crippen molar-refractivity contribution in [3.05, 3.63) is 66.6 Å². The van der Waals surface area contributed by atoms with Crippen LogP contribution < -0.4 is 15.5 Å². The minimum atomic E-state index is -0.157. The predicted octanol–water partition coefficient (Wildman–Crippen LogP) is 4.37. The van der Waals surface area contributed by atoms with Gasteiger partial charge in [-0.25, -0.2) is 14.6 Å². The lowest BCUT2D eigenvalue weighted by Gasteiger charge is -2.34. The Bertz CT molecular complexity index is 1110. The number of nitrogens with zero attached hydrogens (tertiary/aromatic N) is 3. The number of benzene rings is 2. The van der Waals surface area contributed by atoms with E-state index in [4.69, 9.17) is 0 Å². The molecule has 2 aliphatic heterocycles. The lowest BCUT2D eigenvalue weighted by molar-refractivity contribution is 0.160. The number of aromatic amines is 1. The number of nitrogens with one attached hydrogen (secondary N) is 3. The van der Waals surface area contributed by atoms with Crippen molar-refractivity contribution in [1.82, 2.24) is 20.2 Å². The number of piperidine rings is 1.